The highest BCUT2D eigenvalue weighted by molar-refractivity contribution is 9.10. The highest BCUT2D eigenvalue weighted by Crippen LogP contribution is 2.23. The van der Waals surface area contributed by atoms with Crippen molar-refractivity contribution in [2.75, 3.05) is 29.9 Å². The van der Waals surface area contributed by atoms with Gasteiger partial charge in [0.15, 0.2) is 0 Å². The second kappa shape index (κ2) is 8.34. The van der Waals surface area contributed by atoms with E-state index >= 15 is 0 Å². The van der Waals surface area contributed by atoms with Crippen LogP contribution >= 0.6 is 15.9 Å². The van der Waals surface area contributed by atoms with E-state index in [0.717, 1.165) is 28.3 Å². The van der Waals surface area contributed by atoms with Gasteiger partial charge in [-0.2, -0.15) is 0 Å². The van der Waals surface area contributed by atoms with Crippen molar-refractivity contribution in [1.29, 1.82) is 0 Å². The zero-order chi connectivity index (χ0) is 20.3. The molecule has 150 valence electrons. The van der Waals surface area contributed by atoms with Crippen LogP contribution in [-0.2, 0) is 4.74 Å². The number of carbonyl (C=O) groups excluding carboxylic acids is 1. The minimum Gasteiger partial charge on any atom is -0.444 e. The van der Waals surface area contributed by atoms with E-state index in [1.165, 1.54) is 0 Å². The first-order valence-electron chi connectivity index (χ1n) is 9.30. The van der Waals surface area contributed by atoms with Crippen LogP contribution in [0.4, 0.5) is 22.1 Å². The number of halogens is 1. The Bertz CT molecular complexity index is 822. The van der Waals surface area contributed by atoms with E-state index in [0.29, 0.717) is 13.1 Å². The average Bonchev–Trinajstić information content (AvgIpc) is 2.61. The first-order valence-corrected chi connectivity index (χ1v) is 10.1. The van der Waals surface area contributed by atoms with Gasteiger partial charge in [0.05, 0.1) is 11.9 Å². The molecule has 3 heterocycles. The van der Waals surface area contributed by atoms with Crippen LogP contribution in [0.15, 0.2) is 41.1 Å². The van der Waals surface area contributed by atoms with Gasteiger partial charge in [-0.25, -0.2) is 14.8 Å². The van der Waals surface area contributed by atoms with Crippen molar-refractivity contribution in [3.8, 4) is 0 Å². The van der Waals surface area contributed by atoms with E-state index in [1.54, 1.807) is 11.1 Å². The van der Waals surface area contributed by atoms with Gasteiger partial charge in [0.2, 0.25) is 0 Å². The summed E-state index contributed by atoms with van der Waals surface area (Å²) in [5, 5.41) is 3.19. The summed E-state index contributed by atoms with van der Waals surface area (Å²) in [7, 11) is 0. The van der Waals surface area contributed by atoms with Gasteiger partial charge in [0.25, 0.3) is 0 Å². The van der Waals surface area contributed by atoms with Crippen LogP contribution in [0, 0.1) is 0 Å². The summed E-state index contributed by atoms with van der Waals surface area (Å²) >= 11 is 3.43. The van der Waals surface area contributed by atoms with E-state index in [2.05, 4.69) is 43.0 Å². The molecule has 7 nitrogen and oxygen atoms in total. The van der Waals surface area contributed by atoms with E-state index in [9.17, 15) is 4.79 Å². The fraction of sp³-hybridized carbons (Fsp3) is 0.450. The molecule has 1 atom stereocenters. The molecular formula is C20H26BrN5O2. The number of nitrogens with zero attached hydrogens (tertiary/aromatic N) is 4. The monoisotopic (exact) mass is 447 g/mol. The van der Waals surface area contributed by atoms with Crippen LogP contribution < -0.4 is 10.2 Å². The van der Waals surface area contributed by atoms with Crippen LogP contribution in [0.25, 0.3) is 0 Å². The molecule has 0 radical (unpaired) electrons. The second-order valence-electron chi connectivity index (χ2n) is 7.85. The minimum atomic E-state index is -0.479. The highest BCUT2D eigenvalue weighted by Gasteiger charge is 2.30. The topological polar surface area (TPSA) is 70.6 Å². The van der Waals surface area contributed by atoms with Crippen LogP contribution in [0.1, 0.15) is 27.7 Å². The van der Waals surface area contributed by atoms with Gasteiger partial charge < -0.3 is 19.9 Å². The predicted octanol–water partition coefficient (Wildman–Crippen LogP) is 4.43. The third-order valence-electron chi connectivity index (χ3n) is 4.34. The Morgan fingerprint density at radius 2 is 2.00 bits per heavy atom. The summed E-state index contributed by atoms with van der Waals surface area (Å²) in [6, 6.07) is 7.92. The fourth-order valence-electron chi connectivity index (χ4n) is 3.07. The number of pyridine rings is 2. The third kappa shape index (κ3) is 5.34. The molecule has 8 heteroatoms. The summed E-state index contributed by atoms with van der Waals surface area (Å²) in [6.07, 6.45) is 3.32. The number of piperazine rings is 1. The Balaban J connectivity index is 1.61. The van der Waals surface area contributed by atoms with Gasteiger partial charge >= 0.3 is 6.09 Å². The SMILES string of the molecule is C[C@H]1CN(C(=O)OC(C)(C)C)CCN1c1ccc(Nc2cc(Br)ccn2)nc1. The number of rotatable bonds is 3. The molecule has 0 aliphatic carbocycles. The Morgan fingerprint density at radius 3 is 2.61 bits per heavy atom. The quantitative estimate of drug-likeness (QED) is 0.750. The van der Waals surface area contributed by atoms with E-state index in [4.69, 9.17) is 4.74 Å². The molecule has 0 bridgehead atoms. The van der Waals surface area contributed by atoms with Crippen LogP contribution in [-0.4, -0.2) is 52.2 Å². The maximum Gasteiger partial charge on any atom is 0.410 e. The molecule has 1 fully saturated rings. The molecule has 28 heavy (non-hydrogen) atoms. The van der Waals surface area contributed by atoms with Crippen molar-refractivity contribution in [2.24, 2.45) is 0 Å². The molecule has 2 aromatic heterocycles. The van der Waals surface area contributed by atoms with Crippen molar-refractivity contribution < 1.29 is 9.53 Å². The first-order chi connectivity index (χ1) is 13.2. The maximum absolute atomic E-state index is 12.3. The van der Waals surface area contributed by atoms with Crippen molar-refractivity contribution in [2.45, 2.75) is 39.3 Å². The summed E-state index contributed by atoms with van der Waals surface area (Å²) in [6.45, 7) is 9.74. The van der Waals surface area contributed by atoms with Crippen LogP contribution in [0.5, 0.6) is 0 Å². The van der Waals surface area contributed by atoms with E-state index in [-0.39, 0.29) is 12.1 Å². The Kier molecular flexibility index (Phi) is 6.07. The van der Waals surface area contributed by atoms with Gasteiger partial charge in [0, 0.05) is 36.3 Å². The number of anilines is 3. The molecule has 0 saturated carbocycles. The average molecular weight is 448 g/mol. The number of hydrogen-bond donors (Lipinski definition) is 1. The highest BCUT2D eigenvalue weighted by atomic mass is 79.9. The summed E-state index contributed by atoms with van der Waals surface area (Å²) in [5.74, 6) is 1.46. The summed E-state index contributed by atoms with van der Waals surface area (Å²) < 4.78 is 6.44. The number of ether oxygens (including phenoxy) is 1. The Hall–Kier alpha value is -2.35. The van der Waals surface area contributed by atoms with Gasteiger partial charge in [0.1, 0.15) is 17.2 Å². The van der Waals surface area contributed by atoms with Gasteiger partial charge in [-0.15, -0.1) is 0 Å². The molecule has 1 amide bonds. The van der Waals surface area contributed by atoms with Gasteiger partial charge in [-0.05, 0) is 52.0 Å². The molecule has 0 unspecified atom stereocenters. The van der Waals surface area contributed by atoms with Gasteiger partial charge in [-0.1, -0.05) is 15.9 Å². The van der Waals surface area contributed by atoms with Crippen molar-refractivity contribution in [1.82, 2.24) is 14.9 Å². The Morgan fingerprint density at radius 1 is 1.21 bits per heavy atom. The molecular weight excluding hydrogens is 422 g/mol. The second-order valence-corrected chi connectivity index (χ2v) is 8.77. The lowest BCUT2D eigenvalue weighted by Gasteiger charge is -2.41. The van der Waals surface area contributed by atoms with Crippen molar-refractivity contribution in [3.05, 3.63) is 41.1 Å². The predicted molar refractivity (Wildman–Crippen MR) is 114 cm³/mol. The third-order valence-corrected chi connectivity index (χ3v) is 4.83. The standard InChI is InChI=1S/C20H26BrN5O2/c1-14-13-25(19(27)28-20(2,3)4)9-10-26(14)16-5-6-17(23-12-16)24-18-11-15(21)7-8-22-18/h5-8,11-12,14H,9-10,13H2,1-4H3,(H,22,23,24)/t14-/m0/s1. The molecule has 2 aromatic rings. The number of carbonyl (C=O) groups is 1. The largest absolute Gasteiger partial charge is 0.444 e. The molecule has 1 aliphatic rings. The summed E-state index contributed by atoms with van der Waals surface area (Å²) in [4.78, 5) is 25.1. The lowest BCUT2D eigenvalue weighted by Crippen LogP contribution is -2.54. The van der Waals surface area contributed by atoms with Crippen LogP contribution in [0.3, 0.4) is 0 Å². The number of nitrogens with one attached hydrogen (secondary N) is 1. The number of amides is 1. The van der Waals surface area contributed by atoms with Gasteiger partial charge in [-0.3, -0.25) is 0 Å². The molecule has 0 aromatic carbocycles. The van der Waals surface area contributed by atoms with Crippen LogP contribution in [0.2, 0.25) is 0 Å². The fourth-order valence-corrected chi connectivity index (χ4v) is 3.40. The van der Waals surface area contributed by atoms with Crippen molar-refractivity contribution in [3.63, 3.8) is 0 Å². The molecule has 1 saturated heterocycles. The normalized spacial score (nSPS) is 17.4. The maximum atomic E-state index is 12.3. The number of aromatic nitrogens is 2. The lowest BCUT2D eigenvalue weighted by molar-refractivity contribution is 0.0219. The Labute approximate surface area is 174 Å². The molecule has 1 N–H and O–H groups in total. The molecule has 0 spiro atoms. The van der Waals surface area contributed by atoms with Crippen molar-refractivity contribution >= 4 is 39.3 Å². The zero-order valence-corrected chi connectivity index (χ0v) is 18.2. The molecule has 1 aliphatic heterocycles. The number of hydrogen-bond acceptors (Lipinski definition) is 6. The van der Waals surface area contributed by atoms with E-state index in [1.807, 2.05) is 51.2 Å². The smallest absolute Gasteiger partial charge is 0.410 e. The minimum absolute atomic E-state index is 0.175. The molecule has 3 rings (SSSR count). The zero-order valence-electron chi connectivity index (χ0n) is 16.6. The lowest BCUT2D eigenvalue weighted by atomic mass is 10.1. The first kappa shape index (κ1) is 20.4. The summed E-state index contributed by atoms with van der Waals surface area (Å²) in [5.41, 5.74) is 0.553. The van der Waals surface area contributed by atoms with E-state index < -0.39 is 5.60 Å².